The third kappa shape index (κ3) is 3.15. The monoisotopic (exact) mass is 359 g/mol. The van der Waals surface area contributed by atoms with Crippen molar-refractivity contribution in [3.8, 4) is 0 Å². The molecule has 1 aliphatic heterocycles. The number of carbonyl (C=O) groups is 2. The molecule has 0 radical (unpaired) electrons. The molecule has 1 aromatic rings. The van der Waals surface area contributed by atoms with Crippen molar-refractivity contribution in [2.75, 3.05) is 13.1 Å². The highest BCUT2D eigenvalue weighted by molar-refractivity contribution is 9.10. The summed E-state index contributed by atoms with van der Waals surface area (Å²) in [6.45, 7) is 2.72. The van der Waals surface area contributed by atoms with Gasteiger partial charge in [0, 0.05) is 23.1 Å². The Bertz CT molecular complexity index is 538. The molecule has 0 saturated carbocycles. The third-order valence-electron chi connectivity index (χ3n) is 3.51. The summed E-state index contributed by atoms with van der Waals surface area (Å²) in [5, 5.41) is 9.55. The zero-order valence-corrected chi connectivity index (χ0v) is 13.4. The summed E-state index contributed by atoms with van der Waals surface area (Å²) in [4.78, 5) is 25.1. The van der Waals surface area contributed by atoms with Gasteiger partial charge in [0.1, 0.15) is 0 Å². The van der Waals surface area contributed by atoms with Crippen LogP contribution in [0.5, 0.6) is 0 Å². The number of halogens is 2. The van der Waals surface area contributed by atoms with Gasteiger partial charge in [-0.15, -0.1) is 0 Å². The molecule has 2 rings (SSSR count). The highest BCUT2D eigenvalue weighted by Crippen LogP contribution is 2.28. The Labute approximate surface area is 130 Å². The lowest BCUT2D eigenvalue weighted by molar-refractivity contribution is -0.143. The molecule has 0 spiro atoms. The summed E-state index contributed by atoms with van der Waals surface area (Å²) in [5.41, 5.74) is 1.38. The summed E-state index contributed by atoms with van der Waals surface area (Å²) >= 11 is 9.42. The molecular formula is C14H15BrClNO3. The molecule has 6 heteroatoms. The molecule has 1 atom stereocenters. The maximum Gasteiger partial charge on any atom is 0.308 e. The Morgan fingerprint density at radius 3 is 2.75 bits per heavy atom. The number of hydrogen-bond donors (Lipinski definition) is 1. The van der Waals surface area contributed by atoms with Crippen molar-refractivity contribution >= 4 is 39.4 Å². The summed E-state index contributed by atoms with van der Waals surface area (Å²) in [6.07, 6.45) is 1.34. The number of aryl methyl sites for hydroxylation is 1. The molecule has 0 unspecified atom stereocenters. The predicted molar refractivity (Wildman–Crippen MR) is 80.2 cm³/mol. The van der Waals surface area contributed by atoms with Crippen molar-refractivity contribution in [1.82, 2.24) is 4.90 Å². The number of benzene rings is 1. The van der Waals surface area contributed by atoms with Crippen LogP contribution in [0.2, 0.25) is 5.02 Å². The van der Waals surface area contributed by atoms with Crippen molar-refractivity contribution in [2.24, 2.45) is 5.92 Å². The smallest absolute Gasteiger partial charge is 0.308 e. The van der Waals surface area contributed by atoms with E-state index in [1.165, 1.54) is 0 Å². The SMILES string of the molecule is Cc1cc(C(=O)N2CCC[C@H](C(=O)O)C2)cc(Cl)c1Br. The van der Waals surface area contributed by atoms with E-state index in [2.05, 4.69) is 15.9 Å². The predicted octanol–water partition coefficient (Wildman–Crippen LogP) is 3.35. The van der Waals surface area contributed by atoms with Crippen LogP contribution in [0.25, 0.3) is 0 Å². The van der Waals surface area contributed by atoms with E-state index in [0.717, 1.165) is 10.0 Å². The molecule has 0 aromatic heterocycles. The minimum Gasteiger partial charge on any atom is -0.481 e. The Kier molecular flexibility index (Phi) is 4.70. The van der Waals surface area contributed by atoms with Crippen molar-refractivity contribution < 1.29 is 14.7 Å². The lowest BCUT2D eigenvalue weighted by Crippen LogP contribution is -2.42. The lowest BCUT2D eigenvalue weighted by atomic mass is 9.97. The van der Waals surface area contributed by atoms with Crippen molar-refractivity contribution in [2.45, 2.75) is 19.8 Å². The van der Waals surface area contributed by atoms with E-state index < -0.39 is 11.9 Å². The molecule has 1 aromatic carbocycles. The number of piperidine rings is 1. The number of hydrogen-bond acceptors (Lipinski definition) is 2. The fourth-order valence-electron chi connectivity index (χ4n) is 2.40. The van der Waals surface area contributed by atoms with Crippen LogP contribution in [0.15, 0.2) is 16.6 Å². The molecule has 0 bridgehead atoms. The van der Waals surface area contributed by atoms with Gasteiger partial charge in [-0.3, -0.25) is 9.59 Å². The van der Waals surface area contributed by atoms with Crippen LogP contribution >= 0.6 is 27.5 Å². The maximum atomic E-state index is 12.4. The molecule has 108 valence electrons. The standard InChI is InChI=1S/C14H15BrClNO3/c1-8-5-10(6-11(16)12(8)15)13(18)17-4-2-3-9(7-17)14(19)20/h5-6,9H,2-4,7H2,1H3,(H,19,20)/t9-/m0/s1. The fraction of sp³-hybridized carbons (Fsp3) is 0.429. The zero-order chi connectivity index (χ0) is 14.9. The van der Waals surface area contributed by atoms with Gasteiger partial charge in [0.2, 0.25) is 0 Å². The van der Waals surface area contributed by atoms with Crippen LogP contribution in [-0.4, -0.2) is 35.0 Å². The topological polar surface area (TPSA) is 57.6 Å². The second kappa shape index (κ2) is 6.14. The normalized spacial score (nSPS) is 18.9. The fourth-order valence-corrected chi connectivity index (χ4v) is 2.89. The first kappa shape index (κ1) is 15.3. The van der Waals surface area contributed by atoms with Crippen LogP contribution in [0.3, 0.4) is 0 Å². The number of nitrogens with zero attached hydrogens (tertiary/aromatic N) is 1. The summed E-state index contributed by atoms with van der Waals surface area (Å²) in [7, 11) is 0. The van der Waals surface area contributed by atoms with Crippen LogP contribution in [0, 0.1) is 12.8 Å². The van der Waals surface area contributed by atoms with Gasteiger partial charge >= 0.3 is 5.97 Å². The number of rotatable bonds is 2. The molecule has 1 N–H and O–H groups in total. The van der Waals surface area contributed by atoms with Crippen LogP contribution in [0.4, 0.5) is 0 Å². The highest BCUT2D eigenvalue weighted by atomic mass is 79.9. The molecule has 4 nitrogen and oxygen atoms in total. The van der Waals surface area contributed by atoms with Gasteiger partial charge in [-0.1, -0.05) is 11.6 Å². The average Bonchev–Trinajstić information content (AvgIpc) is 2.43. The van der Waals surface area contributed by atoms with Crippen molar-refractivity contribution in [3.63, 3.8) is 0 Å². The molecule has 1 amide bonds. The lowest BCUT2D eigenvalue weighted by Gasteiger charge is -2.31. The maximum absolute atomic E-state index is 12.4. The van der Waals surface area contributed by atoms with Crippen LogP contribution < -0.4 is 0 Å². The van der Waals surface area contributed by atoms with Crippen molar-refractivity contribution in [1.29, 1.82) is 0 Å². The van der Waals surface area contributed by atoms with E-state index in [-0.39, 0.29) is 12.5 Å². The molecule has 20 heavy (non-hydrogen) atoms. The number of aliphatic carboxylic acids is 1. The molecule has 1 aliphatic rings. The van der Waals surface area contributed by atoms with E-state index in [4.69, 9.17) is 16.7 Å². The number of carboxylic acids is 1. The zero-order valence-electron chi connectivity index (χ0n) is 11.0. The number of amides is 1. The minimum absolute atomic E-state index is 0.159. The first-order valence-electron chi connectivity index (χ1n) is 6.38. The second-order valence-corrected chi connectivity index (χ2v) is 6.22. The summed E-state index contributed by atoms with van der Waals surface area (Å²) < 4.78 is 0.776. The van der Waals surface area contributed by atoms with E-state index >= 15 is 0 Å². The molecule has 1 saturated heterocycles. The second-order valence-electron chi connectivity index (χ2n) is 5.02. The van der Waals surface area contributed by atoms with E-state index in [1.807, 2.05) is 6.92 Å². The third-order valence-corrected chi connectivity index (χ3v) is 5.09. The number of carboxylic acid groups (broad SMARTS) is 1. The first-order valence-corrected chi connectivity index (χ1v) is 7.55. The molecular weight excluding hydrogens is 346 g/mol. The van der Waals surface area contributed by atoms with Gasteiger partial charge in [0.05, 0.1) is 10.9 Å². The molecule has 1 heterocycles. The quantitative estimate of drug-likeness (QED) is 0.880. The van der Waals surface area contributed by atoms with Gasteiger partial charge in [-0.05, 0) is 53.4 Å². The van der Waals surface area contributed by atoms with E-state index in [0.29, 0.717) is 30.0 Å². The van der Waals surface area contributed by atoms with Gasteiger partial charge in [0.15, 0.2) is 0 Å². The Hall–Kier alpha value is -1.07. The average molecular weight is 361 g/mol. The Morgan fingerprint density at radius 2 is 2.15 bits per heavy atom. The number of carbonyl (C=O) groups excluding carboxylic acids is 1. The Balaban J connectivity index is 2.21. The van der Waals surface area contributed by atoms with Crippen molar-refractivity contribution in [3.05, 3.63) is 32.8 Å². The van der Waals surface area contributed by atoms with Gasteiger partial charge < -0.3 is 10.0 Å². The largest absolute Gasteiger partial charge is 0.481 e. The van der Waals surface area contributed by atoms with Gasteiger partial charge in [-0.25, -0.2) is 0 Å². The van der Waals surface area contributed by atoms with Gasteiger partial charge in [0.25, 0.3) is 5.91 Å². The van der Waals surface area contributed by atoms with Gasteiger partial charge in [-0.2, -0.15) is 0 Å². The van der Waals surface area contributed by atoms with E-state index in [9.17, 15) is 9.59 Å². The summed E-state index contributed by atoms with van der Waals surface area (Å²) in [5.74, 6) is -1.47. The Morgan fingerprint density at radius 1 is 1.45 bits per heavy atom. The van der Waals surface area contributed by atoms with Crippen LogP contribution in [-0.2, 0) is 4.79 Å². The first-order chi connectivity index (χ1) is 9.40. The highest BCUT2D eigenvalue weighted by Gasteiger charge is 2.28. The molecule has 1 fully saturated rings. The van der Waals surface area contributed by atoms with Crippen LogP contribution in [0.1, 0.15) is 28.8 Å². The minimum atomic E-state index is -0.840. The molecule has 0 aliphatic carbocycles. The summed E-state index contributed by atoms with van der Waals surface area (Å²) in [6, 6.07) is 3.38. The number of likely N-dealkylation sites (tertiary alicyclic amines) is 1. The van der Waals surface area contributed by atoms with E-state index in [1.54, 1.807) is 17.0 Å².